The minimum absolute atomic E-state index is 0.196. The highest BCUT2D eigenvalue weighted by Crippen LogP contribution is 2.26. The molecule has 1 heterocycles. The van der Waals surface area contributed by atoms with Gasteiger partial charge in [-0.2, -0.15) is 0 Å². The van der Waals surface area contributed by atoms with Crippen LogP contribution in [-0.4, -0.2) is 37.4 Å². The molecule has 1 aliphatic rings. The van der Waals surface area contributed by atoms with Gasteiger partial charge in [-0.1, -0.05) is 11.6 Å². The molecule has 0 spiro atoms. The van der Waals surface area contributed by atoms with Crippen molar-refractivity contribution >= 4 is 11.7 Å². The maximum Gasteiger partial charge on any atom is 0.337 e. The van der Waals surface area contributed by atoms with E-state index < -0.39 is 5.97 Å². The first-order chi connectivity index (χ1) is 8.61. The highest BCUT2D eigenvalue weighted by Gasteiger charge is 2.23. The summed E-state index contributed by atoms with van der Waals surface area (Å²) in [5, 5.41) is 9.29. The predicted octanol–water partition coefficient (Wildman–Crippen LogP) is 2.31. The zero-order chi connectivity index (χ0) is 13.1. The van der Waals surface area contributed by atoms with Gasteiger partial charge in [0.15, 0.2) is 0 Å². The van der Waals surface area contributed by atoms with Crippen LogP contribution in [0, 0.1) is 6.92 Å². The van der Waals surface area contributed by atoms with Crippen LogP contribution in [0.3, 0.4) is 0 Å². The molecule has 2 rings (SSSR count). The Morgan fingerprint density at radius 2 is 2.28 bits per heavy atom. The number of aryl methyl sites for hydroxylation is 1. The largest absolute Gasteiger partial charge is 0.478 e. The maximum absolute atomic E-state index is 11.3. The first-order valence-corrected chi connectivity index (χ1v) is 6.23. The number of rotatable bonds is 3. The second-order valence-electron chi connectivity index (χ2n) is 4.77. The van der Waals surface area contributed by atoms with Crippen molar-refractivity contribution in [3.05, 3.63) is 29.3 Å². The van der Waals surface area contributed by atoms with E-state index in [1.807, 2.05) is 19.1 Å². The molecule has 0 saturated carbocycles. The molecule has 1 aromatic rings. The summed E-state index contributed by atoms with van der Waals surface area (Å²) in [6.07, 6.45) is 2.27. The number of nitrogens with zero attached hydrogens (tertiary/aromatic N) is 1. The predicted molar refractivity (Wildman–Crippen MR) is 70.4 cm³/mol. The molecule has 1 aromatic carbocycles. The zero-order valence-electron chi connectivity index (χ0n) is 10.8. The van der Waals surface area contributed by atoms with Crippen LogP contribution < -0.4 is 4.90 Å². The number of hydrogen-bond acceptors (Lipinski definition) is 3. The van der Waals surface area contributed by atoms with Gasteiger partial charge in [-0.25, -0.2) is 4.79 Å². The Balaban J connectivity index is 2.29. The van der Waals surface area contributed by atoms with E-state index in [9.17, 15) is 9.90 Å². The molecule has 1 fully saturated rings. The summed E-state index contributed by atoms with van der Waals surface area (Å²) < 4.78 is 5.38. The van der Waals surface area contributed by atoms with Crippen molar-refractivity contribution in [3.63, 3.8) is 0 Å². The molecule has 0 aliphatic carbocycles. The summed E-state index contributed by atoms with van der Waals surface area (Å²) in [6, 6.07) is 5.59. The van der Waals surface area contributed by atoms with Crippen LogP contribution in [0.5, 0.6) is 0 Å². The zero-order valence-corrected chi connectivity index (χ0v) is 10.8. The standard InChI is InChI=1S/C14H19NO3/c1-10-5-6-13(12(8-10)14(16)17)15-7-3-4-11(9-15)18-2/h5-6,8,11H,3-4,7,9H2,1-2H3,(H,16,17). The van der Waals surface area contributed by atoms with Gasteiger partial charge in [-0.3, -0.25) is 0 Å². The number of carboxylic acid groups (broad SMARTS) is 1. The Bertz CT molecular complexity index is 445. The van der Waals surface area contributed by atoms with Crippen LogP contribution in [0.4, 0.5) is 5.69 Å². The molecule has 1 unspecified atom stereocenters. The lowest BCUT2D eigenvalue weighted by Gasteiger charge is -2.34. The molecule has 1 atom stereocenters. The molecular weight excluding hydrogens is 230 g/mol. The summed E-state index contributed by atoms with van der Waals surface area (Å²) >= 11 is 0. The van der Waals surface area contributed by atoms with E-state index >= 15 is 0 Å². The van der Waals surface area contributed by atoms with Gasteiger partial charge >= 0.3 is 5.97 Å². The van der Waals surface area contributed by atoms with Crippen molar-refractivity contribution in [1.82, 2.24) is 0 Å². The van der Waals surface area contributed by atoms with E-state index in [0.717, 1.165) is 37.2 Å². The fourth-order valence-corrected chi connectivity index (χ4v) is 2.45. The Labute approximate surface area is 107 Å². The van der Waals surface area contributed by atoms with E-state index in [1.165, 1.54) is 0 Å². The lowest BCUT2D eigenvalue weighted by molar-refractivity contribution is 0.0695. The van der Waals surface area contributed by atoms with Crippen molar-refractivity contribution in [2.24, 2.45) is 0 Å². The number of ether oxygens (including phenoxy) is 1. The summed E-state index contributed by atoms with van der Waals surface area (Å²) in [4.78, 5) is 13.4. The van der Waals surface area contributed by atoms with Crippen molar-refractivity contribution in [2.75, 3.05) is 25.1 Å². The normalized spacial score (nSPS) is 19.9. The van der Waals surface area contributed by atoms with Gasteiger partial charge in [-0.05, 0) is 31.9 Å². The van der Waals surface area contributed by atoms with Gasteiger partial charge in [-0.15, -0.1) is 0 Å². The lowest BCUT2D eigenvalue weighted by atomic mass is 10.0. The summed E-state index contributed by atoms with van der Waals surface area (Å²) in [5.74, 6) is -0.867. The molecule has 0 radical (unpaired) electrons. The number of benzene rings is 1. The van der Waals surface area contributed by atoms with Gasteiger partial charge in [0, 0.05) is 20.2 Å². The van der Waals surface area contributed by atoms with Gasteiger partial charge in [0.1, 0.15) is 0 Å². The van der Waals surface area contributed by atoms with E-state index in [1.54, 1.807) is 13.2 Å². The van der Waals surface area contributed by atoms with Crippen LogP contribution >= 0.6 is 0 Å². The Morgan fingerprint density at radius 3 is 2.94 bits per heavy atom. The van der Waals surface area contributed by atoms with E-state index in [4.69, 9.17) is 4.74 Å². The van der Waals surface area contributed by atoms with Crippen molar-refractivity contribution in [2.45, 2.75) is 25.9 Å². The topological polar surface area (TPSA) is 49.8 Å². The number of methoxy groups -OCH3 is 1. The molecule has 1 saturated heterocycles. The molecule has 18 heavy (non-hydrogen) atoms. The van der Waals surface area contributed by atoms with Crippen molar-refractivity contribution < 1.29 is 14.6 Å². The lowest BCUT2D eigenvalue weighted by Crippen LogP contribution is -2.40. The van der Waals surface area contributed by atoms with Gasteiger partial charge in [0.25, 0.3) is 0 Å². The third-order valence-corrected chi connectivity index (χ3v) is 3.43. The Hall–Kier alpha value is -1.55. The minimum atomic E-state index is -0.867. The fourth-order valence-electron chi connectivity index (χ4n) is 2.45. The first-order valence-electron chi connectivity index (χ1n) is 6.23. The van der Waals surface area contributed by atoms with Crippen LogP contribution in [-0.2, 0) is 4.74 Å². The smallest absolute Gasteiger partial charge is 0.337 e. The van der Waals surface area contributed by atoms with E-state index in [2.05, 4.69) is 4.90 Å². The second kappa shape index (κ2) is 5.40. The highest BCUT2D eigenvalue weighted by molar-refractivity contribution is 5.94. The summed E-state index contributed by atoms with van der Waals surface area (Å²) in [6.45, 7) is 3.56. The number of carbonyl (C=O) groups is 1. The minimum Gasteiger partial charge on any atom is -0.478 e. The number of piperidine rings is 1. The highest BCUT2D eigenvalue weighted by atomic mass is 16.5. The average molecular weight is 249 g/mol. The summed E-state index contributed by atoms with van der Waals surface area (Å²) in [5.41, 5.74) is 2.15. The van der Waals surface area contributed by atoms with E-state index in [-0.39, 0.29) is 6.10 Å². The van der Waals surface area contributed by atoms with Crippen molar-refractivity contribution in [3.8, 4) is 0 Å². The third-order valence-electron chi connectivity index (χ3n) is 3.43. The molecular formula is C14H19NO3. The van der Waals surface area contributed by atoms with Gasteiger partial charge < -0.3 is 14.7 Å². The molecule has 0 amide bonds. The molecule has 0 aromatic heterocycles. The second-order valence-corrected chi connectivity index (χ2v) is 4.77. The maximum atomic E-state index is 11.3. The number of carboxylic acids is 1. The quantitative estimate of drug-likeness (QED) is 0.893. The molecule has 98 valence electrons. The first kappa shape index (κ1) is 12.9. The van der Waals surface area contributed by atoms with E-state index in [0.29, 0.717) is 5.56 Å². The Kier molecular flexibility index (Phi) is 3.87. The van der Waals surface area contributed by atoms with Crippen molar-refractivity contribution in [1.29, 1.82) is 0 Å². The van der Waals surface area contributed by atoms with Crippen LogP contribution in [0.25, 0.3) is 0 Å². The molecule has 1 N–H and O–H groups in total. The fraction of sp³-hybridized carbons (Fsp3) is 0.500. The SMILES string of the molecule is COC1CCCN(c2ccc(C)cc2C(=O)O)C1. The third kappa shape index (κ3) is 2.64. The molecule has 4 nitrogen and oxygen atoms in total. The number of hydrogen-bond donors (Lipinski definition) is 1. The van der Waals surface area contributed by atoms with Gasteiger partial charge in [0.2, 0.25) is 0 Å². The van der Waals surface area contributed by atoms with Gasteiger partial charge in [0.05, 0.1) is 17.4 Å². The molecule has 0 bridgehead atoms. The van der Waals surface area contributed by atoms with Crippen LogP contribution in [0.2, 0.25) is 0 Å². The molecule has 1 aliphatic heterocycles. The monoisotopic (exact) mass is 249 g/mol. The number of anilines is 1. The average Bonchev–Trinajstić information content (AvgIpc) is 2.38. The van der Waals surface area contributed by atoms with Crippen LogP contribution in [0.15, 0.2) is 18.2 Å². The Morgan fingerprint density at radius 1 is 1.50 bits per heavy atom. The molecule has 4 heteroatoms. The number of aromatic carboxylic acids is 1. The summed E-state index contributed by atoms with van der Waals surface area (Å²) in [7, 11) is 1.71. The van der Waals surface area contributed by atoms with Crippen LogP contribution in [0.1, 0.15) is 28.8 Å².